The Morgan fingerprint density at radius 2 is 2.21 bits per heavy atom. The van der Waals surface area contributed by atoms with Crippen LogP contribution < -0.4 is 11.1 Å². The molecule has 0 saturated carbocycles. The third kappa shape index (κ3) is 5.15. The zero-order valence-electron chi connectivity index (χ0n) is 11.9. The van der Waals surface area contributed by atoms with Crippen LogP contribution in [0.15, 0.2) is 18.2 Å². The van der Waals surface area contributed by atoms with Crippen molar-refractivity contribution in [1.29, 1.82) is 0 Å². The highest BCUT2D eigenvalue weighted by atomic mass is 16.1. The average molecular weight is 258 g/mol. The molecule has 0 saturated heterocycles. The summed E-state index contributed by atoms with van der Waals surface area (Å²) >= 11 is 0. The number of nitrogens with two attached hydrogens (primary N) is 1. The van der Waals surface area contributed by atoms with Crippen LogP contribution in [0.2, 0.25) is 0 Å². The second-order valence-electron chi connectivity index (χ2n) is 4.82. The second kappa shape index (κ2) is 7.60. The van der Waals surface area contributed by atoms with E-state index in [2.05, 4.69) is 31.0 Å². The Morgan fingerprint density at radius 1 is 1.47 bits per heavy atom. The van der Waals surface area contributed by atoms with Gasteiger partial charge in [-0.05, 0) is 30.5 Å². The molecule has 0 aliphatic rings. The van der Waals surface area contributed by atoms with Crippen LogP contribution in [0.3, 0.4) is 0 Å². The van der Waals surface area contributed by atoms with Gasteiger partial charge < -0.3 is 11.1 Å². The third-order valence-electron chi connectivity index (χ3n) is 3.01. The van der Waals surface area contributed by atoms with Gasteiger partial charge in [-0.15, -0.1) is 0 Å². The largest absolute Gasteiger partial charge is 0.325 e. The fraction of sp³-hybridized carbons (Fsp3) is 0.438. The van der Waals surface area contributed by atoms with Gasteiger partial charge in [-0.2, -0.15) is 0 Å². The Morgan fingerprint density at radius 3 is 2.84 bits per heavy atom. The molecule has 3 N–H and O–H groups in total. The highest BCUT2D eigenvalue weighted by molar-refractivity contribution is 5.92. The summed E-state index contributed by atoms with van der Waals surface area (Å²) in [6.07, 6.45) is 1.54. The van der Waals surface area contributed by atoms with E-state index >= 15 is 0 Å². The molecule has 0 aromatic heterocycles. The summed E-state index contributed by atoms with van der Waals surface area (Å²) in [5.41, 5.74) is 8.06. The Bertz CT molecular complexity index is 497. The van der Waals surface area contributed by atoms with Gasteiger partial charge in [0.05, 0.1) is 12.2 Å². The van der Waals surface area contributed by atoms with E-state index in [0.717, 1.165) is 23.2 Å². The number of amides is 1. The van der Waals surface area contributed by atoms with Crippen LogP contribution in [-0.2, 0) is 4.79 Å². The lowest BCUT2D eigenvalue weighted by molar-refractivity contribution is -0.117. The lowest BCUT2D eigenvalue weighted by Crippen LogP contribution is -2.15. The summed E-state index contributed by atoms with van der Waals surface area (Å²) in [4.78, 5) is 11.9. The lowest BCUT2D eigenvalue weighted by atomic mass is 10.0. The van der Waals surface area contributed by atoms with Crippen LogP contribution in [-0.4, -0.2) is 12.5 Å². The van der Waals surface area contributed by atoms with Gasteiger partial charge in [0.15, 0.2) is 0 Å². The number of hydrogen-bond donors (Lipinski definition) is 2. The van der Waals surface area contributed by atoms with Gasteiger partial charge >= 0.3 is 0 Å². The molecule has 0 heterocycles. The smallest absolute Gasteiger partial charge is 0.224 e. The molecule has 0 spiro atoms. The molecule has 3 nitrogen and oxygen atoms in total. The minimum absolute atomic E-state index is 0.0377. The summed E-state index contributed by atoms with van der Waals surface area (Å²) in [7, 11) is 0. The molecule has 0 aliphatic heterocycles. The lowest BCUT2D eigenvalue weighted by Gasteiger charge is -2.11. The maximum atomic E-state index is 11.9. The summed E-state index contributed by atoms with van der Waals surface area (Å²) < 4.78 is 0. The minimum atomic E-state index is 0.0377. The number of benzene rings is 1. The van der Waals surface area contributed by atoms with Gasteiger partial charge in [0, 0.05) is 12.0 Å². The van der Waals surface area contributed by atoms with E-state index in [1.54, 1.807) is 0 Å². The minimum Gasteiger partial charge on any atom is -0.325 e. The van der Waals surface area contributed by atoms with Crippen LogP contribution in [0.4, 0.5) is 5.69 Å². The molecule has 1 amide bonds. The number of nitrogens with one attached hydrogen (secondary N) is 1. The molecule has 3 heteroatoms. The Hall–Kier alpha value is -1.79. The number of anilines is 1. The summed E-state index contributed by atoms with van der Waals surface area (Å²) in [5.74, 6) is 6.23. The summed E-state index contributed by atoms with van der Waals surface area (Å²) in [6, 6.07) is 5.83. The summed E-state index contributed by atoms with van der Waals surface area (Å²) in [6.45, 7) is 6.46. The first-order valence-corrected chi connectivity index (χ1v) is 6.66. The van der Waals surface area contributed by atoms with Crippen LogP contribution in [0.1, 0.15) is 37.8 Å². The topological polar surface area (TPSA) is 55.1 Å². The van der Waals surface area contributed by atoms with Crippen LogP contribution in [0.25, 0.3) is 0 Å². The predicted molar refractivity (Wildman–Crippen MR) is 79.8 cm³/mol. The highest BCUT2D eigenvalue weighted by Crippen LogP contribution is 2.18. The summed E-state index contributed by atoms with van der Waals surface area (Å²) in [5, 5.41) is 2.94. The first-order valence-electron chi connectivity index (χ1n) is 6.66. The van der Waals surface area contributed by atoms with Gasteiger partial charge in [0.2, 0.25) is 5.91 Å². The molecule has 0 aliphatic carbocycles. The van der Waals surface area contributed by atoms with Crippen molar-refractivity contribution in [3.05, 3.63) is 29.3 Å². The first-order chi connectivity index (χ1) is 9.06. The molecule has 102 valence electrons. The van der Waals surface area contributed by atoms with E-state index in [4.69, 9.17) is 5.73 Å². The van der Waals surface area contributed by atoms with Crippen LogP contribution in [0, 0.1) is 24.7 Å². The fourth-order valence-corrected chi connectivity index (χ4v) is 1.68. The molecule has 1 rings (SSSR count). The van der Waals surface area contributed by atoms with Crippen molar-refractivity contribution in [3.8, 4) is 11.8 Å². The number of carbonyl (C=O) groups excluding carboxylic acids is 1. The van der Waals surface area contributed by atoms with Crippen molar-refractivity contribution >= 4 is 11.6 Å². The Balaban J connectivity index is 2.86. The molecule has 0 radical (unpaired) electrons. The third-order valence-corrected chi connectivity index (χ3v) is 3.01. The van der Waals surface area contributed by atoms with Crippen molar-refractivity contribution in [2.75, 3.05) is 11.9 Å². The first kappa shape index (κ1) is 15.3. The van der Waals surface area contributed by atoms with E-state index in [0.29, 0.717) is 18.9 Å². The molecule has 0 fully saturated rings. The number of rotatable bonds is 4. The van der Waals surface area contributed by atoms with E-state index < -0.39 is 0 Å². The predicted octanol–water partition coefficient (Wildman–Crippen LogP) is 2.68. The van der Waals surface area contributed by atoms with Gasteiger partial charge in [-0.3, -0.25) is 4.79 Å². The number of carbonyl (C=O) groups is 1. The van der Waals surface area contributed by atoms with E-state index in [-0.39, 0.29) is 5.91 Å². The highest BCUT2D eigenvalue weighted by Gasteiger charge is 2.09. The molecule has 1 aromatic carbocycles. The van der Waals surface area contributed by atoms with Crippen molar-refractivity contribution < 1.29 is 4.79 Å². The zero-order valence-corrected chi connectivity index (χ0v) is 11.9. The number of aryl methyl sites for hydroxylation is 1. The SMILES string of the molecule is CCC(C)CC(=O)Nc1cc(C)ccc1C#CCN. The van der Waals surface area contributed by atoms with E-state index in [1.165, 1.54) is 0 Å². The monoisotopic (exact) mass is 258 g/mol. The molecule has 1 atom stereocenters. The molecular weight excluding hydrogens is 236 g/mol. The maximum absolute atomic E-state index is 11.9. The molecule has 1 unspecified atom stereocenters. The van der Waals surface area contributed by atoms with Gasteiger partial charge in [0.1, 0.15) is 0 Å². The van der Waals surface area contributed by atoms with Crippen LogP contribution in [0.5, 0.6) is 0 Å². The molecular formula is C16H22N2O. The second-order valence-corrected chi connectivity index (χ2v) is 4.82. The quantitative estimate of drug-likeness (QED) is 0.816. The van der Waals surface area contributed by atoms with Gasteiger partial charge in [-0.1, -0.05) is 38.2 Å². The maximum Gasteiger partial charge on any atom is 0.224 e. The van der Waals surface area contributed by atoms with E-state index in [9.17, 15) is 4.79 Å². The Kier molecular flexibility index (Phi) is 6.11. The van der Waals surface area contributed by atoms with Crippen molar-refractivity contribution in [2.45, 2.75) is 33.6 Å². The van der Waals surface area contributed by atoms with Gasteiger partial charge in [0.25, 0.3) is 0 Å². The van der Waals surface area contributed by atoms with Crippen molar-refractivity contribution in [1.82, 2.24) is 0 Å². The van der Waals surface area contributed by atoms with Gasteiger partial charge in [-0.25, -0.2) is 0 Å². The number of hydrogen-bond acceptors (Lipinski definition) is 2. The standard InChI is InChI=1S/C16H22N2O/c1-4-12(2)11-16(19)18-15-10-13(3)7-8-14(15)6-5-9-17/h7-8,10,12H,4,9,11,17H2,1-3H3,(H,18,19). The fourth-order valence-electron chi connectivity index (χ4n) is 1.68. The molecule has 19 heavy (non-hydrogen) atoms. The van der Waals surface area contributed by atoms with Crippen LogP contribution >= 0.6 is 0 Å². The average Bonchev–Trinajstić information content (AvgIpc) is 2.37. The normalized spacial score (nSPS) is 11.4. The van der Waals surface area contributed by atoms with E-state index in [1.807, 2.05) is 25.1 Å². The van der Waals surface area contributed by atoms with Crippen molar-refractivity contribution in [2.24, 2.45) is 11.7 Å². The van der Waals surface area contributed by atoms with Crippen molar-refractivity contribution in [3.63, 3.8) is 0 Å². The molecule has 1 aromatic rings. The zero-order chi connectivity index (χ0) is 14.3. The molecule has 0 bridgehead atoms. The Labute approximate surface area is 115 Å².